The van der Waals surface area contributed by atoms with E-state index in [1.54, 1.807) is 6.21 Å². The van der Waals surface area contributed by atoms with E-state index in [0.29, 0.717) is 12.1 Å². The largest absolute Gasteiger partial charge is 0.503 e. The van der Waals surface area contributed by atoms with E-state index in [4.69, 9.17) is 4.74 Å². The maximum atomic E-state index is 11.9. The lowest BCUT2D eigenvalue weighted by atomic mass is 9.91. The Morgan fingerprint density at radius 2 is 1.58 bits per heavy atom. The Bertz CT molecular complexity index is 1180. The SMILES string of the molecule is O=C1CC=NC(CC(CN2CCC2)c2ccc(C#Cc3ccc(CN4CCOCC4)cc3)cc2)=C1O. The molecule has 0 radical (unpaired) electrons. The number of likely N-dealkylation sites (tertiary alicyclic amines) is 1. The second kappa shape index (κ2) is 11.7. The van der Waals surface area contributed by atoms with E-state index in [2.05, 4.69) is 75.2 Å². The molecule has 0 amide bonds. The lowest BCUT2D eigenvalue weighted by Gasteiger charge is -2.34. The molecule has 2 aromatic rings. The van der Waals surface area contributed by atoms with Gasteiger partial charge in [0.1, 0.15) is 0 Å². The molecule has 3 aliphatic rings. The molecule has 36 heavy (non-hydrogen) atoms. The highest BCUT2D eigenvalue weighted by atomic mass is 16.5. The van der Waals surface area contributed by atoms with Crippen molar-refractivity contribution >= 4 is 12.0 Å². The van der Waals surface area contributed by atoms with Gasteiger partial charge in [-0.15, -0.1) is 0 Å². The van der Waals surface area contributed by atoms with Crippen LogP contribution in [0.5, 0.6) is 0 Å². The molecule has 0 saturated carbocycles. The zero-order chi connectivity index (χ0) is 24.7. The highest BCUT2D eigenvalue weighted by Crippen LogP contribution is 2.29. The number of ether oxygens (including phenoxy) is 1. The van der Waals surface area contributed by atoms with Gasteiger partial charge in [-0.1, -0.05) is 36.1 Å². The zero-order valence-corrected chi connectivity index (χ0v) is 20.7. The Balaban J connectivity index is 1.24. The number of aliphatic imine (C=N–C) groups is 1. The lowest BCUT2D eigenvalue weighted by Crippen LogP contribution is -2.40. The normalized spacial score (nSPS) is 19.5. The summed E-state index contributed by atoms with van der Waals surface area (Å²) in [4.78, 5) is 21.1. The first-order valence-corrected chi connectivity index (χ1v) is 12.9. The summed E-state index contributed by atoms with van der Waals surface area (Å²) in [5, 5.41) is 10.2. The Labute approximate surface area is 213 Å². The minimum absolute atomic E-state index is 0.159. The molecule has 2 aromatic carbocycles. The molecule has 0 bridgehead atoms. The molecular formula is C30H33N3O3. The van der Waals surface area contributed by atoms with Crippen LogP contribution < -0.4 is 0 Å². The molecule has 3 aliphatic heterocycles. The van der Waals surface area contributed by atoms with E-state index in [0.717, 1.165) is 63.6 Å². The first-order chi connectivity index (χ1) is 17.6. The molecule has 0 aliphatic carbocycles. The van der Waals surface area contributed by atoms with Crippen LogP contribution in [-0.2, 0) is 16.1 Å². The fourth-order valence-electron chi connectivity index (χ4n) is 4.80. The molecule has 1 N–H and O–H groups in total. The van der Waals surface area contributed by atoms with Crippen molar-refractivity contribution < 1.29 is 14.6 Å². The van der Waals surface area contributed by atoms with Crippen LogP contribution in [0.1, 0.15) is 47.4 Å². The van der Waals surface area contributed by atoms with Crippen LogP contribution >= 0.6 is 0 Å². The predicted octanol–water partition coefficient (Wildman–Crippen LogP) is 3.91. The number of carbonyl (C=O) groups excluding carboxylic acids is 1. The molecule has 6 nitrogen and oxygen atoms in total. The van der Waals surface area contributed by atoms with Gasteiger partial charge in [0.2, 0.25) is 5.78 Å². The third-order valence-electron chi connectivity index (χ3n) is 7.13. The molecule has 2 fully saturated rings. The molecule has 1 unspecified atom stereocenters. The number of aliphatic hydroxyl groups excluding tert-OH is 1. The summed E-state index contributed by atoms with van der Waals surface area (Å²) in [6, 6.07) is 16.8. The molecule has 6 heteroatoms. The van der Waals surface area contributed by atoms with Crippen molar-refractivity contribution in [2.24, 2.45) is 4.99 Å². The van der Waals surface area contributed by atoms with Crippen molar-refractivity contribution in [2.75, 3.05) is 45.9 Å². The highest BCUT2D eigenvalue weighted by Gasteiger charge is 2.25. The fourth-order valence-corrected chi connectivity index (χ4v) is 4.80. The number of rotatable bonds is 7. The average molecular weight is 484 g/mol. The van der Waals surface area contributed by atoms with Crippen molar-refractivity contribution in [3.63, 3.8) is 0 Å². The standard InChI is InChI=1S/C30H33N3O3/c34-29-12-13-31-28(30(29)35)20-27(22-32-14-1-15-32)26-10-8-24(9-11-26)3-2-23-4-6-25(7-5-23)21-33-16-18-36-19-17-33/h4-11,13,27,35H,1,12,14-22H2. The second-order valence-electron chi connectivity index (χ2n) is 9.75. The average Bonchev–Trinajstić information content (AvgIpc) is 2.88. The van der Waals surface area contributed by atoms with Crippen molar-refractivity contribution in [3.8, 4) is 11.8 Å². The number of aliphatic hydroxyl groups is 1. The van der Waals surface area contributed by atoms with Crippen molar-refractivity contribution in [2.45, 2.75) is 31.7 Å². The maximum Gasteiger partial charge on any atom is 0.204 e. The Hall–Kier alpha value is -3.24. The van der Waals surface area contributed by atoms with Gasteiger partial charge in [0.25, 0.3) is 0 Å². The van der Waals surface area contributed by atoms with Crippen molar-refractivity contribution in [1.82, 2.24) is 9.80 Å². The lowest BCUT2D eigenvalue weighted by molar-refractivity contribution is -0.117. The van der Waals surface area contributed by atoms with Crippen LogP contribution in [0.2, 0.25) is 0 Å². The van der Waals surface area contributed by atoms with Gasteiger partial charge in [-0.3, -0.25) is 14.7 Å². The first kappa shape index (κ1) is 24.5. The summed E-state index contributed by atoms with van der Waals surface area (Å²) < 4.78 is 5.43. The van der Waals surface area contributed by atoms with Crippen LogP contribution in [0, 0.1) is 11.8 Å². The van der Waals surface area contributed by atoms with Gasteiger partial charge in [0, 0.05) is 62.3 Å². The number of hydrogen-bond acceptors (Lipinski definition) is 6. The summed E-state index contributed by atoms with van der Waals surface area (Å²) in [5.74, 6) is 6.29. The van der Waals surface area contributed by atoms with Crippen LogP contribution in [-0.4, -0.2) is 72.8 Å². The van der Waals surface area contributed by atoms with Gasteiger partial charge >= 0.3 is 0 Å². The molecule has 186 valence electrons. The summed E-state index contributed by atoms with van der Waals surface area (Å²) in [5.41, 5.74) is 4.94. The molecular weight excluding hydrogens is 450 g/mol. The third kappa shape index (κ3) is 6.30. The molecule has 0 spiro atoms. The van der Waals surface area contributed by atoms with Gasteiger partial charge in [0.05, 0.1) is 18.9 Å². The molecule has 1 atom stereocenters. The topological polar surface area (TPSA) is 65.4 Å². The number of ketones is 1. The highest BCUT2D eigenvalue weighted by molar-refractivity contribution is 6.03. The molecule has 2 saturated heterocycles. The molecule has 0 aromatic heterocycles. The van der Waals surface area contributed by atoms with Gasteiger partial charge in [-0.05, 0) is 54.9 Å². The Kier molecular flexibility index (Phi) is 7.92. The second-order valence-corrected chi connectivity index (χ2v) is 9.75. The van der Waals surface area contributed by atoms with E-state index >= 15 is 0 Å². The van der Waals surface area contributed by atoms with E-state index in [1.165, 1.54) is 17.5 Å². The predicted molar refractivity (Wildman–Crippen MR) is 141 cm³/mol. The van der Waals surface area contributed by atoms with Crippen LogP contribution in [0.3, 0.4) is 0 Å². The van der Waals surface area contributed by atoms with E-state index in [9.17, 15) is 9.90 Å². The number of nitrogens with zero attached hydrogens (tertiary/aromatic N) is 3. The van der Waals surface area contributed by atoms with E-state index in [1.807, 2.05) is 0 Å². The fraction of sp³-hybridized carbons (Fsp3) is 0.400. The van der Waals surface area contributed by atoms with E-state index in [-0.39, 0.29) is 23.9 Å². The summed E-state index contributed by atoms with van der Waals surface area (Å²) in [6.45, 7) is 7.64. The van der Waals surface area contributed by atoms with Gasteiger partial charge in [0.15, 0.2) is 5.76 Å². The van der Waals surface area contributed by atoms with Crippen molar-refractivity contribution in [1.29, 1.82) is 0 Å². The maximum absolute atomic E-state index is 11.9. The Morgan fingerprint density at radius 3 is 2.22 bits per heavy atom. The van der Waals surface area contributed by atoms with Crippen molar-refractivity contribution in [3.05, 3.63) is 82.2 Å². The van der Waals surface area contributed by atoms with Gasteiger partial charge in [-0.25, -0.2) is 0 Å². The van der Waals surface area contributed by atoms with Crippen LogP contribution in [0.15, 0.2) is 65.0 Å². The molecule has 5 rings (SSSR count). The third-order valence-corrected chi connectivity index (χ3v) is 7.13. The number of hydrogen-bond donors (Lipinski definition) is 1. The Morgan fingerprint density at radius 1 is 0.917 bits per heavy atom. The van der Waals surface area contributed by atoms with Gasteiger partial charge < -0.3 is 14.7 Å². The zero-order valence-electron chi connectivity index (χ0n) is 20.7. The minimum Gasteiger partial charge on any atom is -0.503 e. The quantitative estimate of drug-likeness (QED) is 0.605. The summed E-state index contributed by atoms with van der Waals surface area (Å²) in [7, 11) is 0. The number of allylic oxidation sites excluding steroid dienone is 2. The number of benzene rings is 2. The molecule has 3 heterocycles. The summed E-state index contributed by atoms with van der Waals surface area (Å²) >= 11 is 0. The number of morpholine rings is 1. The monoisotopic (exact) mass is 483 g/mol. The van der Waals surface area contributed by atoms with E-state index < -0.39 is 0 Å². The van der Waals surface area contributed by atoms with Crippen LogP contribution in [0.4, 0.5) is 0 Å². The minimum atomic E-state index is -0.248. The number of Topliss-reactive ketones (excluding diaryl/α,β-unsaturated/α-hetero) is 1. The summed E-state index contributed by atoms with van der Waals surface area (Å²) in [6.07, 6.45) is 3.55. The number of carbonyl (C=O) groups is 1. The van der Waals surface area contributed by atoms with Gasteiger partial charge in [-0.2, -0.15) is 0 Å². The smallest absolute Gasteiger partial charge is 0.204 e. The first-order valence-electron chi connectivity index (χ1n) is 12.9. The van der Waals surface area contributed by atoms with Crippen LogP contribution in [0.25, 0.3) is 0 Å².